The maximum atomic E-state index is 5.15. The lowest BCUT2D eigenvalue weighted by molar-refractivity contribution is 0.378. The summed E-state index contributed by atoms with van der Waals surface area (Å²) in [5.41, 5.74) is 0. The second-order valence-electron chi connectivity index (χ2n) is 0.537. The molecule has 0 spiro atoms. The van der Waals surface area contributed by atoms with Gasteiger partial charge in [0.15, 0.2) is 0 Å². The van der Waals surface area contributed by atoms with Gasteiger partial charge in [0.05, 0.1) is 0 Å². The fourth-order valence-electron chi connectivity index (χ4n) is 0.0386. The van der Waals surface area contributed by atoms with Crippen molar-refractivity contribution in [2.75, 3.05) is 12.5 Å². The van der Waals surface area contributed by atoms with Gasteiger partial charge in [-0.1, -0.05) is 0 Å². The zero-order valence-electron chi connectivity index (χ0n) is 2.70. The molecule has 3 radical (unpaired) electrons. The van der Waals surface area contributed by atoms with E-state index in [2.05, 4.69) is 14.9 Å². The van der Waals surface area contributed by atoms with Gasteiger partial charge in [0, 0.05) is 12.5 Å². The molecule has 0 fully saturated rings. The molecule has 0 bridgehead atoms. The van der Waals surface area contributed by atoms with Gasteiger partial charge in [-0.05, 0) is 0 Å². The SMILES string of the molecule is [Si]OCCCl. The van der Waals surface area contributed by atoms with E-state index >= 15 is 0 Å². The van der Waals surface area contributed by atoms with E-state index < -0.39 is 0 Å². The van der Waals surface area contributed by atoms with Crippen molar-refractivity contribution in [3.05, 3.63) is 0 Å². The smallest absolute Gasteiger partial charge is 0.246 e. The standard InChI is InChI=1S/C2H4ClOSi/c3-1-2-4-5/h1-2H2. The van der Waals surface area contributed by atoms with Crippen LogP contribution in [0.3, 0.4) is 0 Å². The predicted octanol–water partition coefficient (Wildman–Crippen LogP) is 0.325. The third-order valence-corrected chi connectivity index (χ3v) is 0.538. The highest BCUT2D eigenvalue weighted by atomic mass is 35.5. The van der Waals surface area contributed by atoms with E-state index in [0.29, 0.717) is 12.5 Å². The zero-order valence-corrected chi connectivity index (χ0v) is 4.46. The molecule has 0 amide bonds. The first-order chi connectivity index (χ1) is 2.41. The molecule has 5 heavy (non-hydrogen) atoms. The van der Waals surface area contributed by atoms with E-state index in [1.54, 1.807) is 0 Å². The quantitative estimate of drug-likeness (QED) is 0.365. The van der Waals surface area contributed by atoms with Gasteiger partial charge in [0.25, 0.3) is 0 Å². The average Bonchev–Trinajstić information content (AvgIpc) is 1.41. The minimum atomic E-state index is 0.545. The molecule has 29 valence electrons. The molecule has 0 aliphatic heterocycles. The maximum absolute atomic E-state index is 5.15. The summed E-state index contributed by atoms with van der Waals surface area (Å²) in [4.78, 5) is 0. The van der Waals surface area contributed by atoms with Crippen LogP contribution in [-0.4, -0.2) is 23.0 Å². The van der Waals surface area contributed by atoms with Crippen LogP contribution in [0.1, 0.15) is 0 Å². The van der Waals surface area contributed by atoms with Gasteiger partial charge in [0.2, 0.25) is 10.5 Å². The summed E-state index contributed by atoms with van der Waals surface area (Å²) in [6.07, 6.45) is 0. The van der Waals surface area contributed by atoms with Gasteiger partial charge in [-0.25, -0.2) is 0 Å². The Morgan fingerprint density at radius 3 is 2.40 bits per heavy atom. The molecule has 0 N–H and O–H groups in total. The average molecular weight is 108 g/mol. The molecule has 0 aliphatic carbocycles. The molecule has 3 heteroatoms. The minimum absolute atomic E-state index is 0.545. The molecule has 0 aliphatic rings. The largest absolute Gasteiger partial charge is 0.417 e. The van der Waals surface area contributed by atoms with Crippen LogP contribution in [0.4, 0.5) is 0 Å². The highest BCUT2D eigenvalue weighted by molar-refractivity contribution is 6.18. The summed E-state index contributed by atoms with van der Waals surface area (Å²) in [7, 11) is 2.77. The summed E-state index contributed by atoms with van der Waals surface area (Å²) in [5, 5.41) is 0. The van der Waals surface area contributed by atoms with E-state index in [9.17, 15) is 0 Å². The van der Waals surface area contributed by atoms with Crippen LogP contribution in [0.25, 0.3) is 0 Å². The summed E-state index contributed by atoms with van der Waals surface area (Å²) < 4.78 is 4.36. The fourth-order valence-corrected chi connectivity index (χ4v) is 0.347. The molecule has 0 unspecified atom stereocenters. The Balaban J connectivity index is 2.19. The molecule has 1 nitrogen and oxygen atoms in total. The predicted molar refractivity (Wildman–Crippen MR) is 22.4 cm³/mol. The van der Waals surface area contributed by atoms with Crippen molar-refractivity contribution >= 4 is 22.1 Å². The van der Waals surface area contributed by atoms with Crippen LogP contribution in [0, 0.1) is 0 Å². The lowest BCUT2D eigenvalue weighted by Crippen LogP contribution is -1.87. The Morgan fingerprint density at radius 1 is 1.80 bits per heavy atom. The number of rotatable bonds is 2. The van der Waals surface area contributed by atoms with Gasteiger partial charge in [-0.2, -0.15) is 0 Å². The van der Waals surface area contributed by atoms with Crippen LogP contribution >= 0.6 is 11.6 Å². The summed E-state index contributed by atoms with van der Waals surface area (Å²) in [6.45, 7) is 0.568. The van der Waals surface area contributed by atoms with Crippen molar-refractivity contribution < 1.29 is 4.43 Å². The summed E-state index contributed by atoms with van der Waals surface area (Å²) >= 11 is 5.15. The Bertz CT molecular complexity index is 17.1. The van der Waals surface area contributed by atoms with Crippen molar-refractivity contribution in [3.8, 4) is 0 Å². The van der Waals surface area contributed by atoms with E-state index in [1.165, 1.54) is 0 Å². The minimum Gasteiger partial charge on any atom is -0.417 e. The Kier molecular flexibility index (Phi) is 4.88. The number of alkyl halides is 1. The number of hydrogen-bond acceptors (Lipinski definition) is 1. The molecular formula is C2H4ClOSi. The Morgan fingerprint density at radius 2 is 2.40 bits per heavy atom. The molecule has 0 aromatic carbocycles. The second kappa shape index (κ2) is 4.47. The third-order valence-electron chi connectivity index (χ3n) is 0.179. The van der Waals surface area contributed by atoms with Crippen LogP contribution < -0.4 is 0 Å². The Labute approximate surface area is 39.8 Å². The second-order valence-corrected chi connectivity index (χ2v) is 1.20. The monoisotopic (exact) mass is 107 g/mol. The first-order valence-corrected chi connectivity index (χ1v) is 2.20. The first kappa shape index (κ1) is 5.47. The topological polar surface area (TPSA) is 9.23 Å². The fraction of sp³-hybridized carbons (Fsp3) is 1.00. The van der Waals surface area contributed by atoms with Gasteiger partial charge in [0.1, 0.15) is 0 Å². The molecule has 0 saturated carbocycles. The molecule has 0 aromatic heterocycles. The maximum Gasteiger partial charge on any atom is 0.246 e. The van der Waals surface area contributed by atoms with Crippen LogP contribution in [0.5, 0.6) is 0 Å². The van der Waals surface area contributed by atoms with Gasteiger partial charge >= 0.3 is 0 Å². The molecular weight excluding hydrogens is 104 g/mol. The van der Waals surface area contributed by atoms with Crippen molar-refractivity contribution in [3.63, 3.8) is 0 Å². The zero-order chi connectivity index (χ0) is 4.12. The van der Waals surface area contributed by atoms with Gasteiger partial charge in [-0.3, -0.25) is 0 Å². The number of hydrogen-bond donors (Lipinski definition) is 0. The lowest BCUT2D eigenvalue weighted by Gasteiger charge is -1.82. The molecule has 0 heterocycles. The lowest BCUT2D eigenvalue weighted by atomic mass is 10.9. The summed E-state index contributed by atoms with van der Waals surface area (Å²) in [6, 6.07) is 0. The van der Waals surface area contributed by atoms with Crippen molar-refractivity contribution in [2.24, 2.45) is 0 Å². The van der Waals surface area contributed by atoms with Crippen molar-refractivity contribution in [2.45, 2.75) is 0 Å². The van der Waals surface area contributed by atoms with Crippen molar-refractivity contribution in [1.29, 1.82) is 0 Å². The molecule has 0 saturated heterocycles. The van der Waals surface area contributed by atoms with Crippen LogP contribution in [-0.2, 0) is 4.43 Å². The highest BCUT2D eigenvalue weighted by Crippen LogP contribution is 1.69. The normalized spacial score (nSPS) is 8.40. The van der Waals surface area contributed by atoms with Crippen LogP contribution in [0.2, 0.25) is 0 Å². The third kappa shape index (κ3) is 4.47. The van der Waals surface area contributed by atoms with E-state index in [4.69, 9.17) is 11.6 Å². The van der Waals surface area contributed by atoms with E-state index in [1.807, 2.05) is 0 Å². The number of halogens is 1. The van der Waals surface area contributed by atoms with E-state index in [0.717, 1.165) is 0 Å². The van der Waals surface area contributed by atoms with Crippen LogP contribution in [0.15, 0.2) is 0 Å². The van der Waals surface area contributed by atoms with Gasteiger partial charge < -0.3 is 4.43 Å². The highest BCUT2D eigenvalue weighted by Gasteiger charge is 1.68. The summed E-state index contributed by atoms with van der Waals surface area (Å²) in [5.74, 6) is 0.545. The molecule has 0 atom stereocenters. The molecule has 0 aromatic rings. The molecule has 0 rings (SSSR count). The Hall–Kier alpha value is 0.467. The van der Waals surface area contributed by atoms with Gasteiger partial charge in [-0.15, -0.1) is 11.6 Å². The van der Waals surface area contributed by atoms with E-state index in [-0.39, 0.29) is 0 Å². The first-order valence-electron chi connectivity index (χ1n) is 1.26. The van der Waals surface area contributed by atoms with Crippen molar-refractivity contribution in [1.82, 2.24) is 0 Å².